The zero-order valence-electron chi connectivity index (χ0n) is 11.8. The van der Waals surface area contributed by atoms with Gasteiger partial charge in [0.2, 0.25) is 0 Å². The number of rotatable bonds is 7. The summed E-state index contributed by atoms with van der Waals surface area (Å²) in [5.41, 5.74) is 8.03. The van der Waals surface area contributed by atoms with Crippen molar-refractivity contribution in [3.63, 3.8) is 0 Å². The van der Waals surface area contributed by atoms with Crippen LogP contribution in [-0.2, 0) is 9.47 Å². The van der Waals surface area contributed by atoms with Gasteiger partial charge in [0.1, 0.15) is 0 Å². The van der Waals surface area contributed by atoms with Crippen molar-refractivity contribution in [2.45, 2.75) is 6.92 Å². The summed E-state index contributed by atoms with van der Waals surface area (Å²) in [5.74, 6) is -0.0548. The molecule has 0 fully saturated rings. The van der Waals surface area contributed by atoms with E-state index < -0.39 is 0 Å². The van der Waals surface area contributed by atoms with Crippen LogP contribution >= 0.6 is 0 Å². The summed E-state index contributed by atoms with van der Waals surface area (Å²) in [6.45, 7) is 3.98. The number of carbonyl (C=O) groups excluding carboxylic acids is 1. The Morgan fingerprint density at radius 2 is 1.79 bits per heavy atom. The predicted molar refractivity (Wildman–Crippen MR) is 75.2 cm³/mol. The molecule has 0 heterocycles. The summed E-state index contributed by atoms with van der Waals surface area (Å²) in [6.07, 6.45) is 0. The lowest BCUT2D eigenvalue weighted by Gasteiger charge is -2.22. The molecule has 0 atom stereocenters. The summed E-state index contributed by atoms with van der Waals surface area (Å²) in [7, 11) is 3.23. The Balaban J connectivity index is 2.81. The Kier molecular flexibility index (Phi) is 6.32. The fourth-order valence-corrected chi connectivity index (χ4v) is 1.67. The quantitative estimate of drug-likeness (QED) is 0.756. The molecule has 0 aliphatic heterocycles. The molecule has 0 aliphatic carbocycles. The van der Waals surface area contributed by atoms with Gasteiger partial charge in [0.05, 0.1) is 13.2 Å². The summed E-state index contributed by atoms with van der Waals surface area (Å²) >= 11 is 0. The van der Waals surface area contributed by atoms with Gasteiger partial charge < -0.3 is 20.1 Å². The molecule has 19 heavy (non-hydrogen) atoms. The number of hydrogen-bond acceptors (Lipinski definition) is 4. The molecule has 0 saturated heterocycles. The first-order valence-corrected chi connectivity index (χ1v) is 6.23. The van der Waals surface area contributed by atoms with Gasteiger partial charge in [0, 0.05) is 38.6 Å². The molecule has 1 aromatic carbocycles. The molecule has 0 radical (unpaired) electrons. The molecule has 0 bridgehead atoms. The van der Waals surface area contributed by atoms with E-state index in [4.69, 9.17) is 15.2 Å². The molecule has 1 rings (SSSR count). The molecule has 5 heteroatoms. The Labute approximate surface area is 114 Å². The second-order valence-corrected chi connectivity index (χ2v) is 4.35. The van der Waals surface area contributed by atoms with Gasteiger partial charge in [-0.25, -0.2) is 0 Å². The maximum Gasteiger partial charge on any atom is 0.254 e. The number of nitrogen functional groups attached to an aromatic ring is 1. The molecule has 0 spiro atoms. The number of anilines is 1. The molecule has 0 saturated carbocycles. The number of nitrogens with zero attached hydrogens (tertiary/aromatic N) is 1. The maximum atomic E-state index is 12.4. The Hall–Kier alpha value is -1.59. The van der Waals surface area contributed by atoms with Gasteiger partial charge in [-0.1, -0.05) is 6.07 Å². The van der Waals surface area contributed by atoms with Gasteiger partial charge in [-0.2, -0.15) is 0 Å². The minimum Gasteiger partial charge on any atom is -0.398 e. The fourth-order valence-electron chi connectivity index (χ4n) is 1.67. The van der Waals surface area contributed by atoms with Crippen molar-refractivity contribution in [1.82, 2.24) is 4.90 Å². The van der Waals surface area contributed by atoms with Crippen LogP contribution in [0.1, 0.15) is 15.9 Å². The van der Waals surface area contributed by atoms with E-state index in [-0.39, 0.29) is 5.91 Å². The van der Waals surface area contributed by atoms with Crippen LogP contribution in [-0.4, -0.2) is 51.3 Å². The van der Waals surface area contributed by atoms with E-state index in [0.29, 0.717) is 37.6 Å². The Morgan fingerprint density at radius 3 is 2.26 bits per heavy atom. The molecule has 1 amide bonds. The topological polar surface area (TPSA) is 64.8 Å². The highest BCUT2D eigenvalue weighted by atomic mass is 16.5. The van der Waals surface area contributed by atoms with Crippen LogP contribution < -0.4 is 5.73 Å². The standard InChI is InChI=1S/C14H22N2O3/c1-11-4-5-12(10-13(11)15)14(17)16(6-8-18-2)7-9-19-3/h4-5,10H,6-9,15H2,1-3H3. The Bertz CT molecular complexity index is 413. The van der Waals surface area contributed by atoms with Gasteiger partial charge in [-0.3, -0.25) is 4.79 Å². The first kappa shape index (κ1) is 15.5. The molecule has 0 aromatic heterocycles. The lowest BCUT2D eigenvalue weighted by atomic mass is 10.1. The largest absolute Gasteiger partial charge is 0.398 e. The summed E-state index contributed by atoms with van der Waals surface area (Å²) in [6, 6.07) is 5.36. The van der Waals surface area contributed by atoms with Gasteiger partial charge in [-0.15, -0.1) is 0 Å². The average molecular weight is 266 g/mol. The minimum absolute atomic E-state index is 0.0548. The lowest BCUT2D eigenvalue weighted by molar-refractivity contribution is 0.0627. The van der Waals surface area contributed by atoms with Gasteiger partial charge in [0.15, 0.2) is 0 Å². The van der Waals surface area contributed by atoms with E-state index in [0.717, 1.165) is 5.56 Å². The first-order chi connectivity index (χ1) is 9.10. The van der Waals surface area contributed by atoms with Crippen LogP contribution in [0.2, 0.25) is 0 Å². The zero-order valence-corrected chi connectivity index (χ0v) is 11.8. The van der Waals surface area contributed by atoms with Gasteiger partial charge in [0.25, 0.3) is 5.91 Å². The van der Waals surface area contributed by atoms with Crippen LogP contribution in [0.4, 0.5) is 5.69 Å². The summed E-state index contributed by atoms with van der Waals surface area (Å²) < 4.78 is 10.0. The maximum absolute atomic E-state index is 12.4. The van der Waals surface area contributed by atoms with E-state index in [1.54, 1.807) is 31.3 Å². The predicted octanol–water partition coefficient (Wildman–Crippen LogP) is 1.31. The molecule has 0 aliphatic rings. The second kappa shape index (κ2) is 7.76. The molecule has 1 aromatic rings. The van der Waals surface area contributed by atoms with Crippen LogP contribution in [0.3, 0.4) is 0 Å². The van der Waals surface area contributed by atoms with E-state index in [2.05, 4.69) is 0 Å². The number of methoxy groups -OCH3 is 2. The SMILES string of the molecule is COCCN(CCOC)C(=O)c1ccc(C)c(N)c1. The zero-order chi connectivity index (χ0) is 14.3. The molecule has 106 valence electrons. The number of aryl methyl sites for hydroxylation is 1. The van der Waals surface area contributed by atoms with Crippen LogP contribution in [0.25, 0.3) is 0 Å². The molecular formula is C14H22N2O3. The van der Waals surface area contributed by atoms with Crippen molar-refractivity contribution in [1.29, 1.82) is 0 Å². The number of nitrogens with two attached hydrogens (primary N) is 1. The van der Waals surface area contributed by atoms with Crippen molar-refractivity contribution >= 4 is 11.6 Å². The highest BCUT2D eigenvalue weighted by Gasteiger charge is 2.15. The minimum atomic E-state index is -0.0548. The van der Waals surface area contributed by atoms with Crippen LogP contribution in [0, 0.1) is 6.92 Å². The fraction of sp³-hybridized carbons (Fsp3) is 0.500. The summed E-state index contributed by atoms with van der Waals surface area (Å²) in [5, 5.41) is 0. The van der Waals surface area contributed by atoms with E-state index in [9.17, 15) is 4.79 Å². The van der Waals surface area contributed by atoms with E-state index in [1.165, 1.54) is 0 Å². The number of amides is 1. The number of ether oxygens (including phenoxy) is 2. The normalized spacial score (nSPS) is 10.5. The van der Waals surface area contributed by atoms with Gasteiger partial charge >= 0.3 is 0 Å². The highest BCUT2D eigenvalue weighted by Crippen LogP contribution is 2.14. The molecular weight excluding hydrogens is 244 g/mol. The Morgan fingerprint density at radius 1 is 1.21 bits per heavy atom. The smallest absolute Gasteiger partial charge is 0.254 e. The monoisotopic (exact) mass is 266 g/mol. The van der Waals surface area contributed by atoms with E-state index in [1.807, 2.05) is 13.0 Å². The third-order valence-electron chi connectivity index (χ3n) is 2.94. The van der Waals surface area contributed by atoms with Crippen molar-refractivity contribution in [2.75, 3.05) is 46.3 Å². The van der Waals surface area contributed by atoms with E-state index >= 15 is 0 Å². The average Bonchev–Trinajstić information content (AvgIpc) is 2.41. The van der Waals surface area contributed by atoms with Crippen molar-refractivity contribution in [3.8, 4) is 0 Å². The van der Waals surface area contributed by atoms with Gasteiger partial charge in [-0.05, 0) is 24.6 Å². The molecule has 5 nitrogen and oxygen atoms in total. The van der Waals surface area contributed by atoms with Crippen molar-refractivity contribution in [2.24, 2.45) is 0 Å². The summed E-state index contributed by atoms with van der Waals surface area (Å²) in [4.78, 5) is 14.1. The highest BCUT2D eigenvalue weighted by molar-refractivity contribution is 5.95. The third-order valence-corrected chi connectivity index (χ3v) is 2.94. The van der Waals surface area contributed by atoms with Crippen molar-refractivity contribution < 1.29 is 14.3 Å². The van der Waals surface area contributed by atoms with Crippen LogP contribution in [0.15, 0.2) is 18.2 Å². The van der Waals surface area contributed by atoms with Crippen molar-refractivity contribution in [3.05, 3.63) is 29.3 Å². The first-order valence-electron chi connectivity index (χ1n) is 6.23. The number of carbonyl (C=O) groups is 1. The molecule has 2 N–H and O–H groups in total. The number of benzene rings is 1. The van der Waals surface area contributed by atoms with Crippen LogP contribution in [0.5, 0.6) is 0 Å². The lowest BCUT2D eigenvalue weighted by Crippen LogP contribution is -2.36. The molecule has 0 unspecified atom stereocenters. The number of hydrogen-bond donors (Lipinski definition) is 1. The second-order valence-electron chi connectivity index (χ2n) is 4.35. The third kappa shape index (κ3) is 4.54.